The number of carbonyl (C=O) groups excluding carboxylic acids is 1. The molecule has 0 heterocycles. The molecule has 8 heteroatoms. The number of halogens is 4. The van der Waals surface area contributed by atoms with Crippen molar-refractivity contribution in [2.24, 2.45) is 0 Å². The average molecular weight is 371 g/mol. The van der Waals surface area contributed by atoms with Gasteiger partial charge in [0.05, 0.1) is 5.56 Å². The van der Waals surface area contributed by atoms with Crippen molar-refractivity contribution in [2.75, 3.05) is 11.9 Å². The Morgan fingerprint density at radius 3 is 2.62 bits per heavy atom. The van der Waals surface area contributed by atoms with Crippen molar-refractivity contribution in [3.8, 4) is 5.75 Å². The molecule has 4 nitrogen and oxygen atoms in total. The lowest BCUT2D eigenvalue weighted by Gasteiger charge is -2.16. The second kappa shape index (κ2) is 8.07. The number of anilines is 1. The Morgan fingerprint density at radius 1 is 1.19 bits per heavy atom. The molecular weight excluding hydrogens is 354 g/mol. The quantitative estimate of drug-likeness (QED) is 0.738. The number of carbonyl (C=O) groups is 1. The van der Waals surface area contributed by atoms with Gasteiger partial charge in [0.25, 0.3) is 0 Å². The van der Waals surface area contributed by atoms with Crippen LogP contribution in [0.5, 0.6) is 5.75 Å². The van der Waals surface area contributed by atoms with Gasteiger partial charge in [-0.25, -0.2) is 9.18 Å². The molecule has 0 bridgehead atoms. The summed E-state index contributed by atoms with van der Waals surface area (Å²) in [6.45, 7) is 3.07. The van der Waals surface area contributed by atoms with E-state index in [2.05, 4.69) is 5.32 Å². The van der Waals surface area contributed by atoms with E-state index in [1.165, 1.54) is 31.2 Å². The van der Waals surface area contributed by atoms with E-state index in [-0.39, 0.29) is 18.0 Å². The molecule has 2 aromatic carbocycles. The number of rotatable bonds is 5. The van der Waals surface area contributed by atoms with E-state index < -0.39 is 29.8 Å². The fourth-order valence-corrected chi connectivity index (χ4v) is 2.06. The standard InChI is InChI=1S/C18H17F4NO3/c1-11-6-7-14(19)9-16(11)23-17(24)26-12(2)10-25-15-5-3-4-13(8-15)18(20,21)22/h3-9,12H,10H2,1-2H3,(H,23,24). The van der Waals surface area contributed by atoms with Crippen LogP contribution in [0, 0.1) is 12.7 Å². The SMILES string of the molecule is Cc1ccc(F)cc1NC(=O)OC(C)COc1cccc(C(F)(F)F)c1. The molecule has 0 spiro atoms. The van der Waals surface area contributed by atoms with Crippen molar-refractivity contribution in [1.29, 1.82) is 0 Å². The molecule has 0 aliphatic heterocycles. The van der Waals surface area contributed by atoms with Gasteiger partial charge in [-0.05, 0) is 49.7 Å². The first-order chi connectivity index (χ1) is 12.1. The smallest absolute Gasteiger partial charge is 0.416 e. The number of hydrogen-bond donors (Lipinski definition) is 1. The van der Waals surface area contributed by atoms with Crippen LogP contribution in [0.3, 0.4) is 0 Å². The molecule has 1 N–H and O–H groups in total. The molecule has 0 aromatic heterocycles. The minimum absolute atomic E-state index is 0.0108. The second-order valence-corrected chi connectivity index (χ2v) is 5.64. The number of amides is 1. The van der Waals surface area contributed by atoms with Crippen LogP contribution in [-0.2, 0) is 10.9 Å². The summed E-state index contributed by atoms with van der Waals surface area (Å²) in [7, 11) is 0. The Hall–Kier alpha value is -2.77. The maximum atomic E-state index is 13.2. The Balaban J connectivity index is 1.88. The predicted molar refractivity (Wildman–Crippen MR) is 87.6 cm³/mol. The van der Waals surface area contributed by atoms with Crippen molar-refractivity contribution in [1.82, 2.24) is 0 Å². The molecule has 0 aliphatic carbocycles. The van der Waals surface area contributed by atoms with Gasteiger partial charge >= 0.3 is 12.3 Å². The maximum absolute atomic E-state index is 13.2. The van der Waals surface area contributed by atoms with Gasteiger partial charge in [-0.1, -0.05) is 12.1 Å². The Labute approximate surface area is 147 Å². The monoisotopic (exact) mass is 371 g/mol. The summed E-state index contributed by atoms with van der Waals surface area (Å²) in [5.74, 6) is -0.497. The molecule has 1 amide bonds. The van der Waals surface area contributed by atoms with Gasteiger partial charge in [-0.3, -0.25) is 5.32 Å². The molecule has 0 aliphatic rings. The summed E-state index contributed by atoms with van der Waals surface area (Å²) < 4.78 is 61.4. The van der Waals surface area contributed by atoms with Gasteiger partial charge in [0.1, 0.15) is 24.3 Å². The van der Waals surface area contributed by atoms with Gasteiger partial charge < -0.3 is 9.47 Å². The van der Waals surface area contributed by atoms with E-state index in [9.17, 15) is 22.4 Å². The lowest BCUT2D eigenvalue weighted by molar-refractivity contribution is -0.137. The average Bonchev–Trinajstić information content (AvgIpc) is 2.56. The van der Waals surface area contributed by atoms with Crippen LogP contribution in [-0.4, -0.2) is 18.8 Å². The van der Waals surface area contributed by atoms with Crippen LogP contribution in [0.1, 0.15) is 18.1 Å². The van der Waals surface area contributed by atoms with Crippen LogP contribution in [0.2, 0.25) is 0 Å². The van der Waals surface area contributed by atoms with E-state index >= 15 is 0 Å². The number of alkyl halides is 3. The van der Waals surface area contributed by atoms with Crippen LogP contribution in [0.15, 0.2) is 42.5 Å². The minimum Gasteiger partial charge on any atom is -0.490 e. The van der Waals surface area contributed by atoms with Crippen LogP contribution < -0.4 is 10.1 Å². The van der Waals surface area contributed by atoms with Crippen molar-refractivity contribution < 1.29 is 31.8 Å². The fraction of sp³-hybridized carbons (Fsp3) is 0.278. The van der Waals surface area contributed by atoms with Crippen LogP contribution in [0.4, 0.5) is 28.0 Å². The van der Waals surface area contributed by atoms with E-state index in [0.717, 1.165) is 18.2 Å². The first kappa shape index (κ1) is 19.6. The number of ether oxygens (including phenoxy) is 2. The lowest BCUT2D eigenvalue weighted by Crippen LogP contribution is -2.25. The topological polar surface area (TPSA) is 47.6 Å². The third-order valence-corrected chi connectivity index (χ3v) is 3.39. The molecule has 140 valence electrons. The van der Waals surface area contributed by atoms with E-state index in [1.54, 1.807) is 6.92 Å². The molecular formula is C18H17F4NO3. The van der Waals surface area contributed by atoms with E-state index in [1.807, 2.05) is 0 Å². The number of benzene rings is 2. The molecule has 0 fully saturated rings. The molecule has 0 radical (unpaired) electrons. The summed E-state index contributed by atoms with van der Waals surface area (Å²) in [5.41, 5.74) is 0.0834. The Bertz CT molecular complexity index is 777. The van der Waals surface area contributed by atoms with Crippen molar-refractivity contribution in [3.63, 3.8) is 0 Å². The Kier molecular flexibility index (Phi) is 6.07. The molecule has 1 atom stereocenters. The van der Waals surface area contributed by atoms with Crippen molar-refractivity contribution >= 4 is 11.8 Å². The van der Waals surface area contributed by atoms with Crippen LogP contribution in [0.25, 0.3) is 0 Å². The zero-order valence-electron chi connectivity index (χ0n) is 14.1. The third kappa shape index (κ3) is 5.65. The van der Waals surface area contributed by atoms with E-state index in [4.69, 9.17) is 9.47 Å². The molecule has 1 unspecified atom stereocenters. The zero-order chi connectivity index (χ0) is 19.3. The van der Waals surface area contributed by atoms with Gasteiger partial charge in [0, 0.05) is 5.69 Å². The number of nitrogens with one attached hydrogen (secondary N) is 1. The zero-order valence-corrected chi connectivity index (χ0v) is 14.1. The largest absolute Gasteiger partial charge is 0.490 e. The van der Waals surface area contributed by atoms with Gasteiger partial charge in [0.15, 0.2) is 0 Å². The van der Waals surface area contributed by atoms with Crippen molar-refractivity contribution in [3.05, 3.63) is 59.4 Å². The number of aryl methyl sites for hydroxylation is 1. The van der Waals surface area contributed by atoms with Gasteiger partial charge in [0.2, 0.25) is 0 Å². The maximum Gasteiger partial charge on any atom is 0.416 e. The highest BCUT2D eigenvalue weighted by Crippen LogP contribution is 2.31. The highest BCUT2D eigenvalue weighted by Gasteiger charge is 2.30. The highest BCUT2D eigenvalue weighted by molar-refractivity contribution is 5.85. The van der Waals surface area contributed by atoms with Crippen LogP contribution >= 0.6 is 0 Å². The Morgan fingerprint density at radius 2 is 1.92 bits per heavy atom. The fourth-order valence-electron chi connectivity index (χ4n) is 2.06. The van der Waals surface area contributed by atoms with Gasteiger partial charge in [-0.2, -0.15) is 13.2 Å². The second-order valence-electron chi connectivity index (χ2n) is 5.64. The summed E-state index contributed by atoms with van der Waals surface area (Å²) in [4.78, 5) is 11.8. The molecule has 26 heavy (non-hydrogen) atoms. The summed E-state index contributed by atoms with van der Waals surface area (Å²) in [5, 5.41) is 2.40. The highest BCUT2D eigenvalue weighted by atomic mass is 19.4. The summed E-state index contributed by atoms with van der Waals surface area (Å²) >= 11 is 0. The predicted octanol–water partition coefficient (Wildman–Crippen LogP) is 5.17. The van der Waals surface area contributed by atoms with Crippen molar-refractivity contribution in [2.45, 2.75) is 26.1 Å². The molecule has 0 saturated heterocycles. The normalized spacial score (nSPS) is 12.4. The first-order valence-corrected chi connectivity index (χ1v) is 7.69. The molecule has 2 rings (SSSR count). The summed E-state index contributed by atoms with van der Waals surface area (Å²) in [6.07, 6.45) is -6.03. The molecule has 2 aromatic rings. The van der Waals surface area contributed by atoms with Gasteiger partial charge in [-0.15, -0.1) is 0 Å². The lowest BCUT2D eigenvalue weighted by atomic mass is 10.2. The molecule has 0 saturated carbocycles. The third-order valence-electron chi connectivity index (χ3n) is 3.39. The first-order valence-electron chi connectivity index (χ1n) is 7.69. The minimum atomic E-state index is -4.47. The number of hydrogen-bond acceptors (Lipinski definition) is 3. The van der Waals surface area contributed by atoms with E-state index in [0.29, 0.717) is 5.56 Å². The summed E-state index contributed by atoms with van der Waals surface area (Å²) in [6, 6.07) is 8.31.